The molecule has 1 rings (SSSR count). The Kier molecular flexibility index (Phi) is 3.13. The lowest BCUT2D eigenvalue weighted by molar-refractivity contribution is 0.961. The van der Waals surface area contributed by atoms with Crippen molar-refractivity contribution in [1.29, 1.82) is 0 Å². The fourth-order valence-corrected chi connectivity index (χ4v) is 1.33. The van der Waals surface area contributed by atoms with Crippen LogP contribution in [0.2, 0.25) is 0 Å². The van der Waals surface area contributed by atoms with Gasteiger partial charge in [-0.05, 0) is 31.0 Å². The van der Waals surface area contributed by atoms with Crippen LogP contribution in [0.25, 0.3) is 6.08 Å². The first-order chi connectivity index (χ1) is 6.19. The molecule has 0 atom stereocenters. The Morgan fingerprint density at radius 1 is 1.46 bits per heavy atom. The summed E-state index contributed by atoms with van der Waals surface area (Å²) >= 11 is 0. The molecule has 0 aliphatic heterocycles. The van der Waals surface area contributed by atoms with Crippen molar-refractivity contribution < 1.29 is 0 Å². The molecule has 0 radical (unpaired) electrons. The molecule has 0 saturated carbocycles. The smallest absolute Gasteiger partial charge is 0.0399 e. The van der Waals surface area contributed by atoms with Gasteiger partial charge in [0.05, 0.1) is 0 Å². The molecular formula is C12H17N. The van der Waals surface area contributed by atoms with E-state index < -0.39 is 0 Å². The van der Waals surface area contributed by atoms with Gasteiger partial charge in [0.25, 0.3) is 0 Å². The third-order valence-corrected chi connectivity index (χ3v) is 2.35. The minimum absolute atomic E-state index is 1.03. The summed E-state index contributed by atoms with van der Waals surface area (Å²) in [5, 5.41) is 0. The predicted molar refractivity (Wildman–Crippen MR) is 60.2 cm³/mol. The summed E-state index contributed by atoms with van der Waals surface area (Å²) < 4.78 is 0. The van der Waals surface area contributed by atoms with Crippen LogP contribution in [0.15, 0.2) is 24.8 Å². The molecule has 0 unspecified atom stereocenters. The fraction of sp³-hybridized carbons (Fsp3) is 0.333. The van der Waals surface area contributed by atoms with Crippen molar-refractivity contribution in [2.75, 3.05) is 18.5 Å². The Labute approximate surface area is 80.7 Å². The standard InChI is InChI=1S/C12H17N/c1-5-11-8-7-10(3)12(9-11)13(4)6-2/h5,7-9H,1,6H2,2-4H3. The third kappa shape index (κ3) is 2.11. The number of rotatable bonds is 3. The molecule has 1 heteroatoms. The number of nitrogens with zero attached hydrogens (tertiary/aromatic N) is 1. The van der Waals surface area contributed by atoms with E-state index in [-0.39, 0.29) is 0 Å². The van der Waals surface area contributed by atoms with Crippen LogP contribution in [0.5, 0.6) is 0 Å². The zero-order valence-corrected chi connectivity index (χ0v) is 8.67. The first-order valence-corrected chi connectivity index (χ1v) is 4.63. The summed E-state index contributed by atoms with van der Waals surface area (Å²) in [5.41, 5.74) is 3.79. The summed E-state index contributed by atoms with van der Waals surface area (Å²) in [7, 11) is 2.11. The van der Waals surface area contributed by atoms with Crippen molar-refractivity contribution in [2.24, 2.45) is 0 Å². The molecule has 0 spiro atoms. The van der Waals surface area contributed by atoms with E-state index in [0.717, 1.165) is 6.54 Å². The summed E-state index contributed by atoms with van der Waals surface area (Å²) in [6.07, 6.45) is 1.88. The lowest BCUT2D eigenvalue weighted by atomic mass is 10.1. The van der Waals surface area contributed by atoms with E-state index >= 15 is 0 Å². The van der Waals surface area contributed by atoms with E-state index in [4.69, 9.17) is 0 Å². The van der Waals surface area contributed by atoms with Crippen molar-refractivity contribution in [1.82, 2.24) is 0 Å². The lowest BCUT2D eigenvalue weighted by Gasteiger charge is -2.19. The van der Waals surface area contributed by atoms with Gasteiger partial charge in [-0.25, -0.2) is 0 Å². The van der Waals surface area contributed by atoms with Crippen LogP contribution in [0.3, 0.4) is 0 Å². The average Bonchev–Trinajstić information content (AvgIpc) is 2.17. The third-order valence-electron chi connectivity index (χ3n) is 2.35. The summed E-state index contributed by atoms with van der Waals surface area (Å²) in [4.78, 5) is 2.24. The average molecular weight is 175 g/mol. The minimum atomic E-state index is 1.03. The first-order valence-electron chi connectivity index (χ1n) is 4.63. The van der Waals surface area contributed by atoms with Gasteiger partial charge < -0.3 is 4.90 Å². The van der Waals surface area contributed by atoms with Crippen molar-refractivity contribution in [3.63, 3.8) is 0 Å². The van der Waals surface area contributed by atoms with Gasteiger partial charge in [-0.2, -0.15) is 0 Å². The number of hydrogen-bond acceptors (Lipinski definition) is 1. The van der Waals surface area contributed by atoms with Crippen molar-refractivity contribution in [3.05, 3.63) is 35.9 Å². The van der Waals surface area contributed by atoms with Gasteiger partial charge in [0.15, 0.2) is 0 Å². The number of anilines is 1. The van der Waals surface area contributed by atoms with Gasteiger partial charge in [0.2, 0.25) is 0 Å². The van der Waals surface area contributed by atoms with Crippen LogP contribution in [0.4, 0.5) is 5.69 Å². The zero-order chi connectivity index (χ0) is 9.84. The molecule has 1 aromatic carbocycles. The van der Waals surface area contributed by atoms with Gasteiger partial charge in [-0.3, -0.25) is 0 Å². The second kappa shape index (κ2) is 4.13. The molecule has 70 valence electrons. The molecule has 0 bridgehead atoms. The quantitative estimate of drug-likeness (QED) is 0.682. The molecule has 0 heterocycles. The molecule has 0 amide bonds. The second-order valence-electron chi connectivity index (χ2n) is 3.26. The van der Waals surface area contributed by atoms with Crippen LogP contribution >= 0.6 is 0 Å². The summed E-state index contributed by atoms with van der Waals surface area (Å²) in [5.74, 6) is 0. The van der Waals surface area contributed by atoms with Gasteiger partial charge >= 0.3 is 0 Å². The Bertz CT molecular complexity index is 302. The molecule has 0 N–H and O–H groups in total. The van der Waals surface area contributed by atoms with Crippen LogP contribution in [0, 0.1) is 6.92 Å². The van der Waals surface area contributed by atoms with E-state index in [9.17, 15) is 0 Å². The SMILES string of the molecule is C=Cc1ccc(C)c(N(C)CC)c1. The molecule has 0 aliphatic rings. The Morgan fingerprint density at radius 2 is 2.15 bits per heavy atom. The van der Waals surface area contributed by atoms with Crippen molar-refractivity contribution >= 4 is 11.8 Å². The maximum atomic E-state index is 3.77. The Balaban J connectivity index is 3.10. The monoisotopic (exact) mass is 175 g/mol. The summed E-state index contributed by atoms with van der Waals surface area (Å²) in [6, 6.07) is 6.40. The Hall–Kier alpha value is -1.24. The summed E-state index contributed by atoms with van der Waals surface area (Å²) in [6.45, 7) is 9.08. The van der Waals surface area contributed by atoms with E-state index in [1.165, 1.54) is 16.8 Å². The highest BCUT2D eigenvalue weighted by molar-refractivity contribution is 5.60. The topological polar surface area (TPSA) is 3.24 Å². The van der Waals surface area contributed by atoms with E-state index in [1.54, 1.807) is 0 Å². The minimum Gasteiger partial charge on any atom is -0.375 e. The highest BCUT2D eigenvalue weighted by atomic mass is 15.1. The van der Waals surface area contributed by atoms with Crippen LogP contribution in [-0.4, -0.2) is 13.6 Å². The first kappa shape index (κ1) is 9.85. The normalized spacial score (nSPS) is 9.77. The highest BCUT2D eigenvalue weighted by Crippen LogP contribution is 2.20. The van der Waals surface area contributed by atoms with E-state index in [2.05, 4.69) is 50.6 Å². The highest BCUT2D eigenvalue weighted by Gasteiger charge is 2.02. The molecule has 0 saturated heterocycles. The fourth-order valence-electron chi connectivity index (χ4n) is 1.33. The van der Waals surface area contributed by atoms with Crippen molar-refractivity contribution in [2.45, 2.75) is 13.8 Å². The number of benzene rings is 1. The van der Waals surface area contributed by atoms with Gasteiger partial charge in [0, 0.05) is 19.3 Å². The second-order valence-corrected chi connectivity index (χ2v) is 3.26. The maximum Gasteiger partial charge on any atom is 0.0399 e. The predicted octanol–water partition coefficient (Wildman–Crippen LogP) is 3.09. The van der Waals surface area contributed by atoms with Gasteiger partial charge in [-0.1, -0.05) is 24.8 Å². The number of hydrogen-bond donors (Lipinski definition) is 0. The molecule has 1 aromatic rings. The molecular weight excluding hydrogens is 158 g/mol. The van der Waals surface area contributed by atoms with Crippen LogP contribution in [-0.2, 0) is 0 Å². The van der Waals surface area contributed by atoms with Gasteiger partial charge in [-0.15, -0.1) is 0 Å². The lowest BCUT2D eigenvalue weighted by Crippen LogP contribution is -2.16. The maximum absolute atomic E-state index is 3.77. The van der Waals surface area contributed by atoms with Gasteiger partial charge in [0.1, 0.15) is 0 Å². The van der Waals surface area contributed by atoms with E-state index in [0.29, 0.717) is 0 Å². The molecule has 0 aromatic heterocycles. The molecule has 13 heavy (non-hydrogen) atoms. The zero-order valence-electron chi connectivity index (χ0n) is 8.67. The Morgan fingerprint density at radius 3 is 2.69 bits per heavy atom. The largest absolute Gasteiger partial charge is 0.375 e. The number of aryl methyl sites for hydroxylation is 1. The van der Waals surface area contributed by atoms with Crippen LogP contribution < -0.4 is 4.90 Å². The van der Waals surface area contributed by atoms with E-state index in [1.807, 2.05) is 6.08 Å². The van der Waals surface area contributed by atoms with Crippen LogP contribution in [0.1, 0.15) is 18.1 Å². The molecule has 0 aliphatic carbocycles. The molecule has 0 fully saturated rings. The van der Waals surface area contributed by atoms with Crippen molar-refractivity contribution in [3.8, 4) is 0 Å². The molecule has 1 nitrogen and oxygen atoms in total.